The fourth-order valence-electron chi connectivity index (χ4n) is 3.69. The molecule has 1 N–H and O–H groups in total. The molecule has 0 bridgehead atoms. The van der Waals surface area contributed by atoms with Gasteiger partial charge in [-0.05, 0) is 43.9 Å². The van der Waals surface area contributed by atoms with Crippen molar-refractivity contribution in [3.05, 3.63) is 21.4 Å². The van der Waals surface area contributed by atoms with E-state index in [9.17, 15) is 18.3 Å². The maximum absolute atomic E-state index is 11.8. The number of nitrogens with zero attached hydrogens (tertiary/aromatic N) is 2. The van der Waals surface area contributed by atoms with Crippen LogP contribution in [0.2, 0.25) is 0 Å². The number of carboxylic acids is 1. The van der Waals surface area contributed by atoms with Gasteiger partial charge in [0.05, 0.1) is 12.4 Å². The summed E-state index contributed by atoms with van der Waals surface area (Å²) >= 11 is 1.35. The number of ether oxygens (including phenoxy) is 1. The lowest BCUT2D eigenvalue weighted by molar-refractivity contribution is -0.0949. The summed E-state index contributed by atoms with van der Waals surface area (Å²) in [5.74, 6) is -0.714. The molecule has 2 aliphatic rings. The van der Waals surface area contributed by atoms with Crippen molar-refractivity contribution in [2.45, 2.75) is 31.3 Å². The Hall–Kier alpha value is -1.00. The van der Waals surface area contributed by atoms with Crippen molar-refractivity contribution in [1.82, 2.24) is 9.21 Å². The Bertz CT molecular complexity index is 764. The summed E-state index contributed by atoms with van der Waals surface area (Å²) in [4.78, 5) is 15.0. The molecule has 2 aliphatic heterocycles. The van der Waals surface area contributed by atoms with E-state index in [2.05, 4.69) is 4.90 Å². The second kappa shape index (κ2) is 7.55. The van der Waals surface area contributed by atoms with E-state index in [4.69, 9.17) is 4.74 Å². The maximum atomic E-state index is 11.8. The second-order valence-electron chi connectivity index (χ2n) is 7.16. The summed E-state index contributed by atoms with van der Waals surface area (Å²) in [6, 6.07) is 1.80. The normalized spacial score (nSPS) is 20.4. The van der Waals surface area contributed by atoms with E-state index in [1.165, 1.54) is 15.6 Å². The van der Waals surface area contributed by atoms with E-state index in [1.54, 1.807) is 20.2 Å². The number of aromatic carboxylic acids is 1. The molecule has 26 heavy (non-hydrogen) atoms. The van der Waals surface area contributed by atoms with Crippen molar-refractivity contribution in [3.63, 3.8) is 0 Å². The highest BCUT2D eigenvalue weighted by Gasteiger charge is 2.42. The summed E-state index contributed by atoms with van der Waals surface area (Å²) in [5, 5.41) is 9.27. The third kappa shape index (κ3) is 3.96. The van der Waals surface area contributed by atoms with Crippen molar-refractivity contribution in [2.24, 2.45) is 0 Å². The molecule has 1 spiro atoms. The lowest BCUT2D eigenvalue weighted by atomic mass is 9.85. The summed E-state index contributed by atoms with van der Waals surface area (Å²) in [6.45, 7) is 3.05. The molecule has 0 atom stereocenters. The number of likely N-dealkylation sites (tertiary alicyclic amines) is 1. The van der Waals surface area contributed by atoms with Crippen LogP contribution >= 0.6 is 11.3 Å². The molecule has 0 radical (unpaired) electrons. The van der Waals surface area contributed by atoms with Crippen LogP contribution < -0.4 is 0 Å². The van der Waals surface area contributed by atoms with Crippen LogP contribution in [0.1, 0.15) is 39.4 Å². The molecule has 9 heteroatoms. The van der Waals surface area contributed by atoms with E-state index in [1.807, 2.05) is 0 Å². The van der Waals surface area contributed by atoms with Crippen LogP contribution in [-0.4, -0.2) is 74.8 Å². The van der Waals surface area contributed by atoms with Crippen molar-refractivity contribution >= 4 is 27.3 Å². The summed E-state index contributed by atoms with van der Waals surface area (Å²) in [7, 11) is -0.0235. The van der Waals surface area contributed by atoms with Gasteiger partial charge in [-0.3, -0.25) is 0 Å². The molecule has 1 saturated heterocycles. The van der Waals surface area contributed by atoms with Crippen molar-refractivity contribution in [2.75, 3.05) is 46.1 Å². The van der Waals surface area contributed by atoms with Gasteiger partial charge in [-0.15, -0.1) is 11.3 Å². The summed E-state index contributed by atoms with van der Waals surface area (Å²) < 4.78 is 31.1. The van der Waals surface area contributed by atoms with E-state index < -0.39 is 16.0 Å². The number of hydrogen-bond donors (Lipinski definition) is 1. The smallest absolute Gasteiger partial charge is 0.345 e. The number of carbonyl (C=O) groups is 1. The molecule has 1 fully saturated rings. The first-order valence-corrected chi connectivity index (χ1v) is 11.3. The largest absolute Gasteiger partial charge is 0.477 e. The number of sulfonamides is 1. The topological polar surface area (TPSA) is 87.2 Å². The second-order valence-corrected chi connectivity index (χ2v) is 10.5. The van der Waals surface area contributed by atoms with Gasteiger partial charge in [0, 0.05) is 32.1 Å². The molecule has 3 heterocycles. The predicted molar refractivity (Wildman–Crippen MR) is 100 cm³/mol. The van der Waals surface area contributed by atoms with Crippen molar-refractivity contribution < 1.29 is 23.1 Å². The molecule has 0 saturated carbocycles. The third-order valence-electron chi connectivity index (χ3n) is 5.28. The van der Waals surface area contributed by atoms with Gasteiger partial charge in [0.2, 0.25) is 10.0 Å². The Morgan fingerprint density at radius 3 is 2.69 bits per heavy atom. The number of thiophene rings is 1. The number of rotatable bonds is 6. The Labute approximate surface area is 158 Å². The highest BCUT2D eigenvalue weighted by Crippen LogP contribution is 2.45. The minimum absolute atomic E-state index is 0.162. The first kappa shape index (κ1) is 19.8. The Morgan fingerprint density at radius 2 is 2.08 bits per heavy atom. The molecular weight excluding hydrogens is 376 g/mol. The van der Waals surface area contributed by atoms with Crippen molar-refractivity contribution in [3.8, 4) is 0 Å². The summed E-state index contributed by atoms with van der Waals surface area (Å²) in [6.07, 6.45) is 3.02. The van der Waals surface area contributed by atoms with E-state index in [0.717, 1.165) is 49.3 Å². The predicted octanol–water partition coefficient (Wildman–Crippen LogP) is 1.59. The van der Waals surface area contributed by atoms with Crippen LogP contribution in [0.25, 0.3) is 0 Å². The zero-order chi connectivity index (χ0) is 18.9. The van der Waals surface area contributed by atoms with E-state index in [0.29, 0.717) is 17.9 Å². The third-order valence-corrected chi connectivity index (χ3v) is 8.55. The molecule has 0 amide bonds. The molecule has 146 valence electrons. The number of piperidine rings is 1. The molecule has 1 aromatic rings. The van der Waals surface area contributed by atoms with Crippen LogP contribution in [-0.2, 0) is 26.8 Å². The fraction of sp³-hybridized carbons (Fsp3) is 0.706. The fourth-order valence-corrected chi connectivity index (χ4v) is 5.80. The number of fused-ring (bicyclic) bond motifs is 2. The standard InChI is InChI=1S/C17H26N2O5S2/c1-18(2)26(22,23)11-3-7-19-8-5-17(6-9-19)15-13(4-10-24-17)12-14(25-15)16(20)21/h12H,3-11H2,1-2H3,(H,20,21). The SMILES string of the molecule is CN(C)S(=O)(=O)CCCN1CCC2(CC1)OCCc1cc(C(=O)O)sc12. The maximum Gasteiger partial charge on any atom is 0.345 e. The lowest BCUT2D eigenvalue weighted by Crippen LogP contribution is -2.46. The molecule has 0 aromatic carbocycles. The first-order chi connectivity index (χ1) is 12.2. The summed E-state index contributed by atoms with van der Waals surface area (Å²) in [5.41, 5.74) is 0.752. The quantitative estimate of drug-likeness (QED) is 0.778. The van der Waals surface area contributed by atoms with E-state index in [-0.39, 0.29) is 11.4 Å². The monoisotopic (exact) mass is 402 g/mol. The van der Waals surface area contributed by atoms with Crippen LogP contribution in [0, 0.1) is 0 Å². The van der Waals surface area contributed by atoms with Gasteiger partial charge in [-0.1, -0.05) is 0 Å². The molecule has 7 nitrogen and oxygen atoms in total. The molecule has 0 unspecified atom stereocenters. The number of carboxylic acid groups (broad SMARTS) is 1. The highest BCUT2D eigenvalue weighted by molar-refractivity contribution is 7.89. The Kier molecular flexibility index (Phi) is 5.74. The van der Waals surface area contributed by atoms with E-state index >= 15 is 0 Å². The van der Waals surface area contributed by atoms with Crippen LogP contribution in [0.4, 0.5) is 0 Å². The van der Waals surface area contributed by atoms with Crippen LogP contribution in [0.15, 0.2) is 6.07 Å². The first-order valence-electron chi connectivity index (χ1n) is 8.86. The van der Waals surface area contributed by atoms with Gasteiger partial charge in [0.15, 0.2) is 0 Å². The minimum Gasteiger partial charge on any atom is -0.477 e. The van der Waals surface area contributed by atoms with Crippen LogP contribution in [0.5, 0.6) is 0 Å². The minimum atomic E-state index is -3.14. The Morgan fingerprint density at radius 1 is 1.38 bits per heavy atom. The van der Waals surface area contributed by atoms with Gasteiger partial charge >= 0.3 is 5.97 Å². The van der Waals surface area contributed by atoms with Gasteiger partial charge in [-0.2, -0.15) is 0 Å². The lowest BCUT2D eigenvalue weighted by Gasteiger charge is -2.43. The van der Waals surface area contributed by atoms with Gasteiger partial charge in [0.1, 0.15) is 10.5 Å². The zero-order valence-corrected chi connectivity index (χ0v) is 16.9. The molecule has 3 rings (SSSR count). The number of hydrogen-bond acceptors (Lipinski definition) is 6. The van der Waals surface area contributed by atoms with Gasteiger partial charge in [0.25, 0.3) is 0 Å². The highest BCUT2D eigenvalue weighted by atomic mass is 32.2. The van der Waals surface area contributed by atoms with Gasteiger partial charge in [-0.25, -0.2) is 17.5 Å². The average Bonchev–Trinajstić information content (AvgIpc) is 3.03. The van der Waals surface area contributed by atoms with Crippen molar-refractivity contribution in [1.29, 1.82) is 0 Å². The molecule has 0 aliphatic carbocycles. The van der Waals surface area contributed by atoms with Gasteiger partial charge < -0.3 is 14.7 Å². The molecular formula is C17H26N2O5S2. The van der Waals surface area contributed by atoms with Crippen LogP contribution in [0.3, 0.4) is 0 Å². The average molecular weight is 403 g/mol. The molecule has 1 aromatic heterocycles. The Balaban J connectivity index is 1.60. The zero-order valence-electron chi connectivity index (χ0n) is 15.2.